The van der Waals surface area contributed by atoms with Crippen molar-refractivity contribution >= 4 is 116 Å². The summed E-state index contributed by atoms with van der Waals surface area (Å²) in [5, 5.41) is 35.3. The number of aromatic nitrogens is 7. The van der Waals surface area contributed by atoms with Crippen LogP contribution in [0, 0.1) is 23.3 Å². The number of rotatable bonds is 31. The number of β-amino-alcohol motifs (C(OH)–C–C–N with tert-alkyl or cyclic N) is 1. The van der Waals surface area contributed by atoms with Crippen LogP contribution < -0.4 is 62.1 Å². The van der Waals surface area contributed by atoms with Gasteiger partial charge in [-0.15, -0.1) is 0 Å². The van der Waals surface area contributed by atoms with E-state index in [-0.39, 0.29) is 65.5 Å². The summed E-state index contributed by atoms with van der Waals surface area (Å²) >= 11 is 6.35. The van der Waals surface area contributed by atoms with Gasteiger partial charge in [0.25, 0.3) is 0 Å². The molecule has 5 heterocycles. The molecule has 0 bridgehead atoms. The lowest BCUT2D eigenvalue weighted by Crippen LogP contribution is -2.22. The van der Waals surface area contributed by atoms with Gasteiger partial charge in [-0.25, -0.2) is 32.5 Å². The lowest BCUT2D eigenvalue weighted by molar-refractivity contribution is -0.112. The van der Waals surface area contributed by atoms with Crippen LogP contribution in [0.15, 0.2) is 214 Å². The van der Waals surface area contributed by atoms with Gasteiger partial charge in [-0.3, -0.25) is 24.3 Å². The molecule has 31 heteroatoms. The fraction of sp³-hybridized carbons (Fsp3) is 0.162. The zero-order valence-corrected chi connectivity index (χ0v) is 57.3. The summed E-state index contributed by atoms with van der Waals surface area (Å²) in [4.78, 5) is 66.0. The van der Waals surface area contributed by atoms with E-state index in [9.17, 15) is 37.1 Å². The summed E-state index contributed by atoms with van der Waals surface area (Å²) < 4.78 is 83.6. The third kappa shape index (κ3) is 25.2. The number of carbonyl (C=O) groups excluding carboxylic acids is 3. The van der Waals surface area contributed by atoms with E-state index in [0.29, 0.717) is 107 Å². The summed E-state index contributed by atoms with van der Waals surface area (Å²) in [5.74, 6) is -1.65. The summed E-state index contributed by atoms with van der Waals surface area (Å²) in [6.45, 7) is 10.9. The summed E-state index contributed by atoms with van der Waals surface area (Å²) in [5.41, 5.74) is 5.10. The second-order valence-corrected chi connectivity index (χ2v) is 22.7. The fourth-order valence-electron chi connectivity index (χ4n) is 9.32. The molecule has 105 heavy (non-hydrogen) atoms. The van der Waals surface area contributed by atoms with E-state index >= 15 is 0 Å². The van der Waals surface area contributed by atoms with Crippen LogP contribution >= 0.6 is 11.6 Å². The van der Waals surface area contributed by atoms with E-state index < -0.39 is 29.2 Å². The molecule has 1 atom stereocenters. The number of likely N-dealkylation sites (tertiary alicyclic amines) is 1. The number of benzene rings is 6. The average Bonchev–Trinajstić information content (AvgIpc) is 1.67. The Balaban J connectivity index is 0.000000183. The molecule has 10 aromatic rings. The van der Waals surface area contributed by atoms with Crippen LogP contribution in [0.4, 0.5) is 104 Å². The molecule has 1 fully saturated rings. The van der Waals surface area contributed by atoms with E-state index in [1.54, 1.807) is 142 Å². The van der Waals surface area contributed by atoms with Gasteiger partial charge in [0.15, 0.2) is 34.9 Å². The Morgan fingerprint density at radius 1 is 0.524 bits per heavy atom. The lowest BCUT2D eigenvalue weighted by atomic mass is 10.2. The summed E-state index contributed by atoms with van der Waals surface area (Å²) in [6.07, 6.45) is 10.7. The van der Waals surface area contributed by atoms with Gasteiger partial charge >= 0.3 is 0 Å². The van der Waals surface area contributed by atoms with Crippen molar-refractivity contribution in [3.8, 4) is 17.2 Å². The quantitative estimate of drug-likeness (QED) is 0.0110. The van der Waals surface area contributed by atoms with Crippen molar-refractivity contribution in [3.63, 3.8) is 0 Å². The van der Waals surface area contributed by atoms with Crippen LogP contribution in [0.3, 0.4) is 0 Å². The number of nitrogens with zero attached hydrogens (tertiary/aromatic N) is 8. The van der Waals surface area contributed by atoms with E-state index in [4.69, 9.17) is 35.3 Å². The molecule has 10 N–H and O–H groups in total. The second-order valence-electron chi connectivity index (χ2n) is 22.2. The Bertz CT molecular complexity index is 4600. The predicted octanol–water partition coefficient (Wildman–Crippen LogP) is 13.9. The van der Waals surface area contributed by atoms with Crippen molar-refractivity contribution in [2.45, 2.75) is 19.1 Å². The minimum atomic E-state index is -0.710. The Hall–Kier alpha value is -12.6. The van der Waals surface area contributed by atoms with E-state index in [1.807, 2.05) is 18.2 Å². The van der Waals surface area contributed by atoms with Gasteiger partial charge in [0, 0.05) is 91.6 Å². The first-order valence-corrected chi connectivity index (χ1v) is 32.5. The van der Waals surface area contributed by atoms with Gasteiger partial charge in [-0.1, -0.05) is 49.0 Å². The molecule has 542 valence electrons. The number of ether oxygens (including phenoxy) is 5. The number of nitrogens with one attached hydrogen (secondary N) is 9. The van der Waals surface area contributed by atoms with Gasteiger partial charge in [-0.05, 0) is 152 Å². The van der Waals surface area contributed by atoms with Gasteiger partial charge in [-0.2, -0.15) is 15.0 Å². The van der Waals surface area contributed by atoms with Crippen molar-refractivity contribution in [1.82, 2.24) is 39.8 Å². The molecule has 0 unspecified atom stereocenters. The number of pyridine rings is 1. The zero-order valence-electron chi connectivity index (χ0n) is 56.6. The van der Waals surface area contributed by atoms with E-state index in [2.05, 4.69) is 101 Å². The molecule has 3 amide bonds. The monoisotopic (exact) mass is 1450 g/mol. The highest BCUT2D eigenvalue weighted by Gasteiger charge is 2.19. The number of aliphatic hydroxyl groups is 1. The number of anilines is 15. The number of carbonyl (C=O) groups is 3. The number of halogens is 5. The summed E-state index contributed by atoms with van der Waals surface area (Å²) in [6, 6.07) is 42.4. The molecular formula is C74H72ClF4N17O9. The molecule has 1 aliphatic heterocycles. The number of hydrogen-bond acceptors (Lipinski definition) is 23. The predicted molar refractivity (Wildman–Crippen MR) is 395 cm³/mol. The Morgan fingerprint density at radius 3 is 1.49 bits per heavy atom. The van der Waals surface area contributed by atoms with Crippen molar-refractivity contribution in [1.29, 1.82) is 0 Å². The molecule has 0 aliphatic carbocycles. The summed E-state index contributed by atoms with van der Waals surface area (Å²) in [7, 11) is 3.21. The highest BCUT2D eigenvalue weighted by molar-refractivity contribution is 6.32. The Kier molecular flexibility index (Phi) is 28.8. The van der Waals surface area contributed by atoms with Crippen molar-refractivity contribution < 1.29 is 60.7 Å². The van der Waals surface area contributed by atoms with Gasteiger partial charge in [0.2, 0.25) is 35.6 Å². The molecule has 11 rings (SSSR count). The SMILES string of the molecule is C=CC(=O)Nc1cc(Nc2nc(Nc3ccc(OCCOC)cc3)ncc2F)ccc1F.C=CC(=O)Nc1cccc(Nc2nc(Nc3ccc(OCc4ccccn4)c(Cl)c3)ncc2F)c1.COCCOc1ccc(Nc2ncc(F)c(Nc3cccc(NC(=O)/C=C/CN4CC[C@H](O)C4)c3)n2)cc1. The topological polar surface area (TPSA) is 319 Å². The van der Waals surface area contributed by atoms with Crippen LogP contribution in [0.25, 0.3) is 0 Å². The molecule has 6 aromatic carbocycles. The first-order chi connectivity index (χ1) is 51.0. The van der Waals surface area contributed by atoms with Crippen molar-refractivity contribution in [3.05, 3.63) is 248 Å². The van der Waals surface area contributed by atoms with Gasteiger partial charge < -0.3 is 76.6 Å². The zero-order chi connectivity index (χ0) is 74.3. The molecule has 0 spiro atoms. The van der Waals surface area contributed by atoms with Crippen LogP contribution in [0.5, 0.6) is 17.2 Å². The normalized spacial score (nSPS) is 12.2. The Labute approximate surface area is 606 Å². The molecular weight excluding hydrogens is 1380 g/mol. The van der Waals surface area contributed by atoms with Crippen LogP contribution in [-0.4, -0.2) is 129 Å². The standard InChI is InChI=1S/C27H31FN6O4.C25H20ClFN6O2.C22H21F2N5O3/c1-37-14-15-38-23-9-7-19(8-10-23)32-27-29-17-24(28)26(33-27)31-21-5-2-4-20(16-21)30-25(36)6-3-12-34-13-11-22(35)18-34;1-2-23(34)30-16-7-5-8-17(12-16)31-24-21(27)14-29-25(33-24)32-18-9-10-22(20(26)13-18)35-15-19-6-3-4-11-28-19;1-3-20(30)28-19-12-15(6-9-17(19)23)26-21-18(24)13-25-22(29-21)27-14-4-7-16(8-5-14)32-11-10-31-2/h2-10,16-17,22,35H,11-15,18H2,1H3,(H,30,36)(H2,29,31,32,33);2-14H,1,15H2,(H,30,34)(H2,29,31,32,33);3-9,12-13H,1,10-11H2,2H3,(H,28,30)(H2,25,26,27,29)/b6-3+;;/t22-;;/m0../s1. The molecule has 0 saturated carbocycles. The second kappa shape index (κ2) is 39.6. The maximum Gasteiger partial charge on any atom is 0.248 e. The Morgan fingerprint density at radius 2 is 1.00 bits per heavy atom. The van der Waals surface area contributed by atoms with E-state index in [0.717, 1.165) is 55.5 Å². The lowest BCUT2D eigenvalue weighted by Gasteiger charge is -2.12. The minimum Gasteiger partial charge on any atom is -0.491 e. The highest BCUT2D eigenvalue weighted by atomic mass is 35.5. The first kappa shape index (κ1) is 76.6. The largest absolute Gasteiger partial charge is 0.491 e. The molecule has 0 radical (unpaired) electrons. The van der Waals surface area contributed by atoms with Crippen molar-refractivity contribution in [2.75, 3.05) is 108 Å². The third-order valence-electron chi connectivity index (χ3n) is 14.4. The molecule has 26 nitrogen and oxygen atoms in total. The van der Waals surface area contributed by atoms with Gasteiger partial charge in [0.1, 0.15) is 42.9 Å². The van der Waals surface area contributed by atoms with Crippen LogP contribution in [-0.2, 0) is 30.5 Å². The highest BCUT2D eigenvalue weighted by Crippen LogP contribution is 2.32. The number of aliphatic hydroxyl groups excluding tert-OH is 1. The fourth-order valence-corrected chi connectivity index (χ4v) is 9.56. The van der Waals surface area contributed by atoms with Crippen LogP contribution in [0.1, 0.15) is 12.1 Å². The van der Waals surface area contributed by atoms with Gasteiger partial charge in [0.05, 0.1) is 54.3 Å². The van der Waals surface area contributed by atoms with Crippen LogP contribution in [0.2, 0.25) is 5.02 Å². The molecule has 1 aliphatic rings. The average molecular weight is 1450 g/mol. The third-order valence-corrected chi connectivity index (χ3v) is 14.7. The van der Waals surface area contributed by atoms with Crippen molar-refractivity contribution in [2.24, 2.45) is 0 Å². The maximum absolute atomic E-state index is 14.5. The van der Waals surface area contributed by atoms with E-state index in [1.165, 1.54) is 18.2 Å². The number of amides is 3. The maximum atomic E-state index is 14.5. The molecule has 1 saturated heterocycles. The minimum absolute atomic E-state index is 0.0156. The first-order valence-electron chi connectivity index (χ1n) is 32.2. The molecule has 4 aromatic heterocycles. The smallest absolute Gasteiger partial charge is 0.248 e. The number of methoxy groups -OCH3 is 2. The number of hydrogen-bond donors (Lipinski definition) is 10.